The SMILES string of the molecule is Cc1cc(Nc2nc3[nH]c4c(S(=O)(=O)C(C)C)cccc4c4nnc([nH]2)c34)c(OC(C)C)cc1C1CCN(CCC(=O)N2CCC2)CC1. The highest BCUT2D eigenvalue weighted by molar-refractivity contribution is 7.92. The normalized spacial score (nSPS) is 16.4. The first kappa shape index (κ1) is 32.3. The number of nitrogens with zero attached hydrogens (tertiary/aromatic N) is 5. The average molecular weight is 673 g/mol. The first-order chi connectivity index (χ1) is 23.0. The number of amides is 1. The van der Waals surface area contributed by atoms with Gasteiger partial charge in [0.25, 0.3) is 0 Å². The van der Waals surface area contributed by atoms with Crippen molar-refractivity contribution >= 4 is 60.5 Å². The van der Waals surface area contributed by atoms with Gasteiger partial charge in [-0.15, -0.1) is 10.2 Å². The lowest BCUT2D eigenvalue weighted by atomic mass is 9.86. The van der Waals surface area contributed by atoms with Crippen molar-refractivity contribution in [3.8, 4) is 5.75 Å². The molecule has 0 bridgehead atoms. The van der Waals surface area contributed by atoms with Gasteiger partial charge in [0.15, 0.2) is 15.5 Å². The summed E-state index contributed by atoms with van der Waals surface area (Å²) < 4.78 is 32.9. The van der Waals surface area contributed by atoms with E-state index in [1.807, 2.05) is 24.8 Å². The van der Waals surface area contributed by atoms with Gasteiger partial charge >= 0.3 is 0 Å². The number of carbonyl (C=O) groups excluding carboxylic acids is 1. The number of aryl methyl sites for hydroxylation is 1. The smallest absolute Gasteiger partial charge is 0.223 e. The molecule has 2 aliphatic rings. The molecule has 0 saturated carbocycles. The fourth-order valence-electron chi connectivity index (χ4n) is 6.90. The Labute approximate surface area is 280 Å². The number of hydrogen-bond donors (Lipinski definition) is 3. The number of anilines is 2. The van der Waals surface area contributed by atoms with Crippen LogP contribution in [-0.4, -0.2) is 93.4 Å². The van der Waals surface area contributed by atoms with E-state index >= 15 is 0 Å². The summed E-state index contributed by atoms with van der Waals surface area (Å²) in [5.41, 5.74) is 5.26. The number of likely N-dealkylation sites (tertiary alicyclic amines) is 2. The number of carbonyl (C=O) groups is 1. The number of aromatic nitrogens is 5. The Morgan fingerprint density at radius 1 is 1.04 bits per heavy atom. The lowest BCUT2D eigenvalue weighted by Gasteiger charge is -2.35. The zero-order valence-corrected chi connectivity index (χ0v) is 29.1. The Morgan fingerprint density at radius 3 is 2.50 bits per heavy atom. The summed E-state index contributed by atoms with van der Waals surface area (Å²) in [6.45, 7) is 14.1. The Hall–Kier alpha value is -4.23. The van der Waals surface area contributed by atoms with E-state index in [4.69, 9.17) is 9.72 Å². The maximum absolute atomic E-state index is 13.3. The van der Waals surface area contributed by atoms with E-state index in [1.165, 1.54) is 5.56 Å². The molecular formula is C35H44N8O4S. The minimum Gasteiger partial charge on any atom is -0.489 e. The predicted molar refractivity (Wildman–Crippen MR) is 188 cm³/mol. The molecule has 2 fully saturated rings. The fourth-order valence-corrected chi connectivity index (χ4v) is 8.12. The van der Waals surface area contributed by atoms with Crippen LogP contribution in [0.5, 0.6) is 5.75 Å². The largest absolute Gasteiger partial charge is 0.489 e. The summed E-state index contributed by atoms with van der Waals surface area (Å²) in [7, 11) is -3.58. The third-order valence-electron chi connectivity index (χ3n) is 9.73. The van der Waals surface area contributed by atoms with Gasteiger partial charge in [-0.1, -0.05) is 12.1 Å². The van der Waals surface area contributed by atoms with Crippen molar-refractivity contribution in [1.82, 2.24) is 34.9 Å². The quantitative estimate of drug-likeness (QED) is 0.156. The summed E-state index contributed by atoms with van der Waals surface area (Å²) in [5, 5.41) is 13.0. The summed E-state index contributed by atoms with van der Waals surface area (Å²) in [5.74, 6) is 1.84. The van der Waals surface area contributed by atoms with E-state index in [0.717, 1.165) is 69.0 Å². The van der Waals surface area contributed by atoms with Gasteiger partial charge in [-0.25, -0.2) is 8.42 Å². The number of benzene rings is 2. The number of aromatic amines is 2. The summed E-state index contributed by atoms with van der Waals surface area (Å²) >= 11 is 0. The van der Waals surface area contributed by atoms with E-state index in [9.17, 15) is 13.2 Å². The number of ether oxygens (including phenoxy) is 1. The lowest BCUT2D eigenvalue weighted by Crippen LogP contribution is -2.44. The number of nitrogens with one attached hydrogen (secondary N) is 3. The Balaban J connectivity index is 1.17. The molecule has 2 aromatic carbocycles. The second-order valence-corrected chi connectivity index (χ2v) is 16.2. The number of fused-ring (bicyclic) bond motifs is 2. The van der Waals surface area contributed by atoms with Gasteiger partial charge in [0.05, 0.1) is 32.8 Å². The molecule has 2 saturated heterocycles. The highest BCUT2D eigenvalue weighted by Gasteiger charge is 2.27. The number of para-hydroxylation sites is 1. The molecule has 0 spiro atoms. The van der Waals surface area contributed by atoms with Gasteiger partial charge in [0, 0.05) is 31.4 Å². The number of H-pyrrole nitrogens is 2. The van der Waals surface area contributed by atoms with Crippen LogP contribution < -0.4 is 10.1 Å². The van der Waals surface area contributed by atoms with Crippen LogP contribution in [0, 0.1) is 6.92 Å². The van der Waals surface area contributed by atoms with Crippen molar-refractivity contribution in [3.63, 3.8) is 0 Å². The molecule has 254 valence electrons. The average Bonchev–Trinajstić information content (AvgIpc) is 3.45. The van der Waals surface area contributed by atoms with Crippen molar-refractivity contribution in [3.05, 3.63) is 41.5 Å². The molecule has 0 unspecified atom stereocenters. The van der Waals surface area contributed by atoms with Crippen LogP contribution in [0.15, 0.2) is 35.2 Å². The third kappa shape index (κ3) is 5.98. The standard InChI is InChI=1S/C35H44N8O4S/c1-20(2)47-27-19-25(23-10-15-42(16-11-23)17-12-29(44)43-13-7-14-43)22(5)18-26(27)36-35-38-33-30-32(40-41-34(30)39-35)24-8-6-9-28(31(24)37-33)48(45,46)21(3)4/h6,8-9,18-21,23H,7,10-17H2,1-5H3,(H3,36,37,38,39,40,41). The minimum atomic E-state index is -3.58. The second-order valence-electron chi connectivity index (χ2n) is 13.7. The van der Waals surface area contributed by atoms with Gasteiger partial charge in [-0.2, -0.15) is 4.98 Å². The van der Waals surface area contributed by atoms with Crippen LogP contribution in [0.1, 0.15) is 70.4 Å². The Morgan fingerprint density at radius 2 is 1.81 bits per heavy atom. The van der Waals surface area contributed by atoms with Crippen LogP contribution in [0.4, 0.5) is 11.6 Å². The maximum Gasteiger partial charge on any atom is 0.223 e. The molecule has 0 aliphatic carbocycles. The highest BCUT2D eigenvalue weighted by Crippen LogP contribution is 2.39. The van der Waals surface area contributed by atoms with Crippen LogP contribution in [-0.2, 0) is 14.6 Å². The van der Waals surface area contributed by atoms with Crippen LogP contribution in [0.3, 0.4) is 0 Å². The number of sulfone groups is 1. The zero-order chi connectivity index (χ0) is 33.7. The van der Waals surface area contributed by atoms with Crippen molar-refractivity contribution in [2.24, 2.45) is 0 Å². The number of rotatable bonds is 10. The van der Waals surface area contributed by atoms with E-state index in [0.29, 0.717) is 51.4 Å². The van der Waals surface area contributed by atoms with Crippen LogP contribution in [0.25, 0.3) is 33.1 Å². The van der Waals surface area contributed by atoms with Crippen molar-refractivity contribution in [2.45, 2.75) is 82.5 Å². The topological polar surface area (TPSA) is 149 Å². The van der Waals surface area contributed by atoms with Crippen LogP contribution in [0.2, 0.25) is 0 Å². The van der Waals surface area contributed by atoms with Crippen LogP contribution >= 0.6 is 0 Å². The number of piperidine rings is 1. The molecule has 7 rings (SSSR count). The molecule has 2 aliphatic heterocycles. The van der Waals surface area contributed by atoms with E-state index in [-0.39, 0.29) is 16.9 Å². The molecule has 0 atom stereocenters. The highest BCUT2D eigenvalue weighted by atomic mass is 32.2. The molecule has 12 nitrogen and oxygen atoms in total. The molecule has 13 heteroatoms. The summed E-state index contributed by atoms with van der Waals surface area (Å²) in [6.07, 6.45) is 3.74. The van der Waals surface area contributed by atoms with Gasteiger partial charge < -0.3 is 29.8 Å². The van der Waals surface area contributed by atoms with E-state index in [2.05, 4.69) is 49.4 Å². The second kappa shape index (κ2) is 12.7. The van der Waals surface area contributed by atoms with Gasteiger partial charge in [0.2, 0.25) is 11.9 Å². The molecule has 5 heterocycles. The Bertz CT molecular complexity index is 2110. The molecular weight excluding hydrogens is 629 g/mol. The molecule has 5 aromatic rings. The van der Waals surface area contributed by atoms with E-state index < -0.39 is 15.1 Å². The van der Waals surface area contributed by atoms with Crippen molar-refractivity contribution in [1.29, 1.82) is 0 Å². The monoisotopic (exact) mass is 672 g/mol. The van der Waals surface area contributed by atoms with Gasteiger partial charge in [0.1, 0.15) is 16.9 Å². The van der Waals surface area contributed by atoms with Crippen molar-refractivity contribution in [2.75, 3.05) is 38.0 Å². The zero-order valence-electron chi connectivity index (χ0n) is 28.3. The Kier molecular flexibility index (Phi) is 8.53. The summed E-state index contributed by atoms with van der Waals surface area (Å²) in [6, 6.07) is 9.46. The number of hydrogen-bond acceptors (Lipinski definition) is 9. The molecule has 3 aromatic heterocycles. The van der Waals surface area contributed by atoms with Gasteiger partial charge in [-0.3, -0.25) is 4.79 Å². The lowest BCUT2D eigenvalue weighted by molar-refractivity contribution is -0.135. The van der Waals surface area contributed by atoms with E-state index in [1.54, 1.807) is 26.0 Å². The maximum atomic E-state index is 13.3. The molecule has 3 N–H and O–H groups in total. The predicted octanol–water partition coefficient (Wildman–Crippen LogP) is 5.81. The molecule has 0 radical (unpaired) electrons. The minimum absolute atomic E-state index is 0.0459. The molecule has 1 amide bonds. The van der Waals surface area contributed by atoms with Crippen molar-refractivity contribution < 1.29 is 17.9 Å². The van der Waals surface area contributed by atoms with Gasteiger partial charge in [-0.05, 0) is 102 Å². The fraction of sp³-hybridized carbons (Fsp3) is 0.486. The number of pyridine rings is 1. The molecule has 48 heavy (non-hydrogen) atoms. The third-order valence-corrected chi connectivity index (χ3v) is 11.9. The first-order valence-electron chi connectivity index (χ1n) is 17.0. The summed E-state index contributed by atoms with van der Waals surface area (Å²) in [4.78, 5) is 28.4. The first-order valence-corrected chi connectivity index (χ1v) is 18.5.